The van der Waals surface area contributed by atoms with E-state index in [1.165, 1.54) is 24.2 Å². The zero-order chi connectivity index (χ0) is 20.0. The third kappa shape index (κ3) is 6.37. The highest BCUT2D eigenvalue weighted by molar-refractivity contribution is 7.91. The zero-order valence-corrected chi connectivity index (χ0v) is 17.9. The van der Waals surface area contributed by atoms with Crippen LogP contribution in [0.2, 0.25) is 0 Å². The van der Waals surface area contributed by atoms with Crippen molar-refractivity contribution < 1.29 is 13.2 Å². The average Bonchev–Trinajstić information content (AvgIpc) is 3.38. The number of sulfone groups is 1. The van der Waals surface area contributed by atoms with Crippen molar-refractivity contribution >= 4 is 32.2 Å². The lowest BCUT2D eigenvalue weighted by atomic mass is 9.87. The number of aromatic nitrogens is 1. The Hall–Kier alpha value is -1.73. The Kier molecular flexibility index (Phi) is 8.83. The minimum absolute atomic E-state index is 0. The second-order valence-corrected chi connectivity index (χ2v) is 10.5. The number of carbonyl (C=O) groups is 1. The van der Waals surface area contributed by atoms with Crippen LogP contribution < -0.4 is 5.32 Å². The van der Waals surface area contributed by atoms with Crippen LogP contribution in [0.25, 0.3) is 0 Å². The first-order chi connectivity index (χ1) is 13.5. The largest absolute Gasteiger partial charge is 0.301 e. The number of carbonyl (C=O) groups excluding carboxylic acids is 1. The quantitative estimate of drug-likeness (QED) is 0.550. The smallest absolute Gasteiger partial charge is 0.233 e. The maximum atomic E-state index is 13.0. The first-order valence-corrected chi connectivity index (χ1v) is 12.6. The molecule has 1 amide bonds. The second-order valence-electron chi connectivity index (χ2n) is 7.51. The summed E-state index contributed by atoms with van der Waals surface area (Å²) in [6.07, 6.45) is 8.72. The van der Waals surface area contributed by atoms with E-state index in [1.807, 2.05) is 12.3 Å². The van der Waals surface area contributed by atoms with E-state index < -0.39 is 9.84 Å². The van der Waals surface area contributed by atoms with Crippen molar-refractivity contribution in [1.29, 1.82) is 0 Å². The SMILES string of the molecule is C.CCCCS(=O)(=O)c1ccc(C(CC2CCCC2)C(=O)Nc2nccs2)cc1. The molecule has 0 spiro atoms. The molecule has 1 aromatic carbocycles. The fourth-order valence-electron chi connectivity index (χ4n) is 3.81. The van der Waals surface area contributed by atoms with Gasteiger partial charge in [0.05, 0.1) is 16.6 Å². The highest BCUT2D eigenvalue weighted by Gasteiger charge is 2.27. The third-order valence-electron chi connectivity index (χ3n) is 5.43. The molecular formula is C22H32N2O3S2. The van der Waals surface area contributed by atoms with Gasteiger partial charge in [0.25, 0.3) is 0 Å². The average molecular weight is 437 g/mol. The van der Waals surface area contributed by atoms with Gasteiger partial charge in [-0.1, -0.05) is 58.6 Å². The van der Waals surface area contributed by atoms with E-state index in [4.69, 9.17) is 0 Å². The van der Waals surface area contributed by atoms with Gasteiger partial charge in [-0.2, -0.15) is 0 Å². The molecule has 1 aromatic heterocycles. The van der Waals surface area contributed by atoms with Crippen molar-refractivity contribution in [3.8, 4) is 0 Å². The van der Waals surface area contributed by atoms with E-state index in [9.17, 15) is 13.2 Å². The van der Waals surface area contributed by atoms with Crippen LogP contribution in [0.1, 0.15) is 70.8 Å². The summed E-state index contributed by atoms with van der Waals surface area (Å²) in [7, 11) is -3.26. The lowest BCUT2D eigenvalue weighted by Gasteiger charge is -2.20. The zero-order valence-electron chi connectivity index (χ0n) is 16.3. The molecule has 1 unspecified atom stereocenters. The van der Waals surface area contributed by atoms with E-state index in [-0.39, 0.29) is 25.0 Å². The van der Waals surface area contributed by atoms with E-state index in [1.54, 1.807) is 30.5 Å². The first-order valence-electron chi connectivity index (χ1n) is 10.0. The highest BCUT2D eigenvalue weighted by Crippen LogP contribution is 2.35. The van der Waals surface area contributed by atoms with Gasteiger partial charge in [0.15, 0.2) is 15.0 Å². The number of thiazole rings is 1. The van der Waals surface area contributed by atoms with Gasteiger partial charge in [0, 0.05) is 11.6 Å². The maximum Gasteiger partial charge on any atom is 0.233 e. The lowest BCUT2D eigenvalue weighted by molar-refractivity contribution is -0.118. The van der Waals surface area contributed by atoms with Crippen LogP contribution in [0.5, 0.6) is 0 Å². The molecule has 1 atom stereocenters. The normalized spacial score (nSPS) is 15.6. The molecule has 3 rings (SSSR count). The number of unbranched alkanes of at least 4 members (excludes halogenated alkanes) is 1. The number of nitrogens with zero attached hydrogens (tertiary/aromatic N) is 1. The standard InChI is InChI=1S/C21H28N2O3S2.CH4/c1-2-3-14-28(25,26)18-10-8-17(9-11-18)19(15-16-6-4-5-7-16)20(24)23-21-22-12-13-27-21;/h8-13,16,19H,2-7,14-15H2,1H3,(H,22,23,24);1H4. The van der Waals surface area contributed by atoms with E-state index in [0.29, 0.717) is 22.4 Å². The molecule has 0 saturated heterocycles. The molecule has 1 fully saturated rings. The maximum absolute atomic E-state index is 13.0. The predicted molar refractivity (Wildman–Crippen MR) is 120 cm³/mol. The molecule has 160 valence electrons. The Bertz CT molecular complexity index is 856. The Morgan fingerprint density at radius 2 is 1.93 bits per heavy atom. The molecule has 1 N–H and O–H groups in total. The summed E-state index contributed by atoms with van der Waals surface area (Å²) >= 11 is 1.40. The van der Waals surface area contributed by atoms with Crippen LogP contribution in [0.3, 0.4) is 0 Å². The van der Waals surface area contributed by atoms with Gasteiger partial charge in [-0.15, -0.1) is 11.3 Å². The summed E-state index contributed by atoms with van der Waals surface area (Å²) in [6.45, 7) is 1.98. The second kappa shape index (κ2) is 10.9. The van der Waals surface area contributed by atoms with Crippen LogP contribution in [0.4, 0.5) is 5.13 Å². The van der Waals surface area contributed by atoms with Crippen molar-refractivity contribution in [3.63, 3.8) is 0 Å². The molecule has 29 heavy (non-hydrogen) atoms. The Labute approximate surface area is 178 Å². The van der Waals surface area contributed by atoms with Gasteiger partial charge in [0.2, 0.25) is 5.91 Å². The molecule has 0 aliphatic heterocycles. The van der Waals surface area contributed by atoms with Gasteiger partial charge in [0.1, 0.15) is 0 Å². The number of anilines is 1. The fourth-order valence-corrected chi connectivity index (χ4v) is 5.80. The predicted octanol–water partition coefficient (Wildman–Crippen LogP) is 5.66. The van der Waals surface area contributed by atoms with Crippen LogP contribution in [0, 0.1) is 5.92 Å². The summed E-state index contributed by atoms with van der Waals surface area (Å²) in [6, 6.07) is 6.91. The molecule has 1 aliphatic rings. The monoisotopic (exact) mass is 436 g/mol. The Balaban J connectivity index is 0.00000300. The number of hydrogen-bond donors (Lipinski definition) is 1. The molecular weight excluding hydrogens is 404 g/mol. The van der Waals surface area contributed by atoms with Crippen LogP contribution in [0.15, 0.2) is 40.7 Å². The van der Waals surface area contributed by atoms with Gasteiger partial charge >= 0.3 is 0 Å². The van der Waals surface area contributed by atoms with Crippen molar-refractivity contribution in [2.45, 2.75) is 70.1 Å². The topological polar surface area (TPSA) is 76.1 Å². The van der Waals surface area contributed by atoms with Crippen molar-refractivity contribution in [2.24, 2.45) is 5.92 Å². The number of nitrogens with one attached hydrogen (secondary N) is 1. The number of amides is 1. The van der Waals surface area contributed by atoms with Gasteiger partial charge in [-0.05, 0) is 36.5 Å². The number of rotatable bonds is 9. The van der Waals surface area contributed by atoms with Crippen molar-refractivity contribution in [1.82, 2.24) is 4.98 Å². The summed E-state index contributed by atoms with van der Waals surface area (Å²) < 4.78 is 24.8. The summed E-state index contributed by atoms with van der Waals surface area (Å²) in [5, 5.41) is 5.35. The fraction of sp³-hybridized carbons (Fsp3) is 0.545. The molecule has 1 saturated carbocycles. The van der Waals surface area contributed by atoms with Crippen LogP contribution in [-0.4, -0.2) is 25.1 Å². The minimum Gasteiger partial charge on any atom is -0.301 e. The van der Waals surface area contributed by atoms with E-state index >= 15 is 0 Å². The Morgan fingerprint density at radius 1 is 1.24 bits per heavy atom. The van der Waals surface area contributed by atoms with Crippen LogP contribution >= 0.6 is 11.3 Å². The lowest BCUT2D eigenvalue weighted by Crippen LogP contribution is -2.23. The number of hydrogen-bond acceptors (Lipinski definition) is 5. The van der Waals surface area contributed by atoms with Gasteiger partial charge < -0.3 is 5.32 Å². The molecule has 1 aliphatic carbocycles. The molecule has 7 heteroatoms. The van der Waals surface area contributed by atoms with Crippen molar-refractivity contribution in [2.75, 3.05) is 11.1 Å². The molecule has 5 nitrogen and oxygen atoms in total. The summed E-state index contributed by atoms with van der Waals surface area (Å²) in [5.74, 6) is 0.349. The summed E-state index contributed by atoms with van der Waals surface area (Å²) in [4.78, 5) is 17.4. The van der Waals surface area contributed by atoms with Gasteiger partial charge in [-0.25, -0.2) is 13.4 Å². The minimum atomic E-state index is -3.26. The molecule has 1 heterocycles. The van der Waals surface area contributed by atoms with E-state index in [2.05, 4.69) is 10.3 Å². The summed E-state index contributed by atoms with van der Waals surface area (Å²) in [5.41, 5.74) is 0.871. The number of benzene rings is 1. The first kappa shape index (κ1) is 23.5. The van der Waals surface area contributed by atoms with Crippen LogP contribution in [-0.2, 0) is 14.6 Å². The molecule has 0 bridgehead atoms. The Morgan fingerprint density at radius 3 is 2.52 bits per heavy atom. The third-order valence-corrected chi connectivity index (χ3v) is 7.94. The highest BCUT2D eigenvalue weighted by atomic mass is 32.2. The van der Waals surface area contributed by atoms with Gasteiger partial charge in [-0.3, -0.25) is 4.79 Å². The van der Waals surface area contributed by atoms with Crippen molar-refractivity contribution in [3.05, 3.63) is 41.4 Å². The van der Waals surface area contributed by atoms with E-state index in [0.717, 1.165) is 31.2 Å². The molecule has 0 radical (unpaired) electrons. The molecule has 2 aromatic rings.